The van der Waals surface area contributed by atoms with Gasteiger partial charge >= 0.3 is 0 Å². The Morgan fingerprint density at radius 3 is 2.79 bits per heavy atom. The van der Waals surface area contributed by atoms with Crippen molar-refractivity contribution in [3.8, 4) is 5.75 Å². The highest BCUT2D eigenvalue weighted by atomic mass is 16.5. The van der Waals surface area contributed by atoms with Gasteiger partial charge in [0, 0.05) is 38.2 Å². The molecular formula is C22H25N3O3. The van der Waals surface area contributed by atoms with Crippen molar-refractivity contribution in [1.82, 2.24) is 9.88 Å². The smallest absolute Gasteiger partial charge is 0.246 e. The first-order chi connectivity index (χ1) is 13.7. The van der Waals surface area contributed by atoms with E-state index < -0.39 is 6.23 Å². The first kappa shape index (κ1) is 18.5. The van der Waals surface area contributed by atoms with Gasteiger partial charge in [-0.05, 0) is 48.2 Å². The number of pyridine rings is 1. The summed E-state index contributed by atoms with van der Waals surface area (Å²) >= 11 is 0. The predicted octanol–water partition coefficient (Wildman–Crippen LogP) is 2.84. The van der Waals surface area contributed by atoms with Crippen molar-refractivity contribution in [2.24, 2.45) is 0 Å². The van der Waals surface area contributed by atoms with Crippen molar-refractivity contribution < 1.29 is 14.6 Å². The Hall–Kier alpha value is -2.86. The molecule has 0 aliphatic carbocycles. The number of aliphatic hydroxyl groups is 1. The molecule has 6 nitrogen and oxygen atoms in total. The maximum absolute atomic E-state index is 12.5. The lowest BCUT2D eigenvalue weighted by molar-refractivity contribution is -0.127. The standard InChI is InChI=1S/C22H25N3O3/c26-20-8-7-17-14-16(15-23-22(17)24-20)6-9-21(27)25-12-10-19(11-13-25)28-18-4-2-1-3-5-18/h1-6,9,14-15,19-20,26H,7-8,10-13H2,(H,23,24)/b9-6+. The topological polar surface area (TPSA) is 74.7 Å². The molecule has 0 radical (unpaired) electrons. The molecule has 6 heteroatoms. The van der Waals surface area contributed by atoms with E-state index in [1.807, 2.05) is 47.4 Å². The molecule has 1 saturated heterocycles. The molecule has 1 aromatic heterocycles. The third-order valence-electron chi connectivity index (χ3n) is 5.20. The largest absolute Gasteiger partial charge is 0.490 e. The highest BCUT2D eigenvalue weighted by Crippen LogP contribution is 2.23. The number of aliphatic hydroxyl groups excluding tert-OH is 1. The summed E-state index contributed by atoms with van der Waals surface area (Å²) in [5.41, 5.74) is 1.96. The summed E-state index contributed by atoms with van der Waals surface area (Å²) < 4.78 is 5.99. The second-order valence-electron chi connectivity index (χ2n) is 7.26. The molecule has 1 amide bonds. The van der Waals surface area contributed by atoms with Gasteiger partial charge in [0.2, 0.25) is 5.91 Å². The maximum atomic E-state index is 12.5. The van der Waals surface area contributed by atoms with E-state index in [1.54, 1.807) is 12.3 Å². The molecule has 0 saturated carbocycles. The van der Waals surface area contributed by atoms with Crippen LogP contribution in [0.15, 0.2) is 48.7 Å². The van der Waals surface area contributed by atoms with Crippen LogP contribution in [0.2, 0.25) is 0 Å². The van der Waals surface area contributed by atoms with Gasteiger partial charge in [-0.25, -0.2) is 4.98 Å². The third kappa shape index (κ3) is 4.51. The number of amides is 1. The third-order valence-corrected chi connectivity index (χ3v) is 5.20. The highest BCUT2D eigenvalue weighted by molar-refractivity contribution is 5.91. The number of carbonyl (C=O) groups excluding carboxylic acids is 1. The van der Waals surface area contributed by atoms with Crippen LogP contribution in [0, 0.1) is 0 Å². The first-order valence-corrected chi connectivity index (χ1v) is 9.79. The van der Waals surface area contributed by atoms with Gasteiger partial charge in [-0.3, -0.25) is 4.79 Å². The van der Waals surface area contributed by atoms with Crippen molar-refractivity contribution in [1.29, 1.82) is 0 Å². The average molecular weight is 379 g/mol. The minimum Gasteiger partial charge on any atom is -0.490 e. The summed E-state index contributed by atoms with van der Waals surface area (Å²) in [5, 5.41) is 12.6. The van der Waals surface area contributed by atoms with Crippen molar-refractivity contribution in [3.63, 3.8) is 0 Å². The number of rotatable bonds is 4. The van der Waals surface area contributed by atoms with Gasteiger partial charge in [0.05, 0.1) is 0 Å². The number of para-hydroxylation sites is 1. The summed E-state index contributed by atoms with van der Waals surface area (Å²) in [5.74, 6) is 1.63. The molecular weight excluding hydrogens is 354 g/mol. The summed E-state index contributed by atoms with van der Waals surface area (Å²) in [7, 11) is 0. The van der Waals surface area contributed by atoms with E-state index in [-0.39, 0.29) is 12.0 Å². The number of nitrogens with one attached hydrogen (secondary N) is 1. The Bertz CT molecular complexity index is 845. The van der Waals surface area contributed by atoms with Gasteiger partial charge in [-0.2, -0.15) is 0 Å². The van der Waals surface area contributed by atoms with Gasteiger partial charge < -0.3 is 20.1 Å². The van der Waals surface area contributed by atoms with Gasteiger partial charge in [0.1, 0.15) is 23.9 Å². The van der Waals surface area contributed by atoms with Crippen LogP contribution in [0.5, 0.6) is 5.75 Å². The lowest BCUT2D eigenvalue weighted by Gasteiger charge is -2.31. The number of anilines is 1. The second kappa shape index (κ2) is 8.44. The number of ether oxygens (including phenoxy) is 1. The quantitative estimate of drug-likeness (QED) is 0.799. The van der Waals surface area contributed by atoms with Gasteiger partial charge in [0.25, 0.3) is 0 Å². The summed E-state index contributed by atoms with van der Waals surface area (Å²) in [6.45, 7) is 1.40. The number of piperidine rings is 1. The number of hydrogen-bond acceptors (Lipinski definition) is 5. The van der Waals surface area contributed by atoms with Crippen LogP contribution in [-0.2, 0) is 11.2 Å². The maximum Gasteiger partial charge on any atom is 0.246 e. The molecule has 0 spiro atoms. The Kier molecular flexibility index (Phi) is 5.58. The fourth-order valence-electron chi connectivity index (χ4n) is 3.62. The van der Waals surface area contributed by atoms with Gasteiger partial charge in [0.15, 0.2) is 0 Å². The second-order valence-corrected chi connectivity index (χ2v) is 7.26. The molecule has 28 heavy (non-hydrogen) atoms. The Morgan fingerprint density at radius 1 is 1.21 bits per heavy atom. The zero-order valence-corrected chi connectivity index (χ0v) is 15.8. The molecule has 0 bridgehead atoms. The minimum absolute atomic E-state index is 0.0180. The van der Waals surface area contributed by atoms with Crippen molar-refractivity contribution in [2.45, 2.75) is 38.0 Å². The monoisotopic (exact) mass is 379 g/mol. The van der Waals surface area contributed by atoms with Crippen LogP contribution in [0.3, 0.4) is 0 Å². The number of aryl methyl sites for hydroxylation is 1. The molecule has 146 valence electrons. The van der Waals surface area contributed by atoms with Crippen molar-refractivity contribution in [2.75, 3.05) is 18.4 Å². The molecule has 2 N–H and O–H groups in total. The van der Waals surface area contributed by atoms with Gasteiger partial charge in [-0.1, -0.05) is 18.2 Å². The molecule has 2 aliphatic heterocycles. The van der Waals surface area contributed by atoms with Crippen LogP contribution in [0.4, 0.5) is 5.82 Å². The Labute approximate surface area is 164 Å². The average Bonchev–Trinajstić information content (AvgIpc) is 2.73. The molecule has 1 aromatic carbocycles. The van der Waals surface area contributed by atoms with Crippen molar-refractivity contribution in [3.05, 3.63) is 59.8 Å². The van der Waals surface area contributed by atoms with Crippen LogP contribution >= 0.6 is 0 Å². The molecule has 1 atom stereocenters. The highest BCUT2D eigenvalue weighted by Gasteiger charge is 2.23. The van der Waals surface area contributed by atoms with Gasteiger partial charge in [-0.15, -0.1) is 0 Å². The number of benzene rings is 1. The fourth-order valence-corrected chi connectivity index (χ4v) is 3.62. The van der Waals surface area contributed by atoms with E-state index in [0.29, 0.717) is 19.5 Å². The lowest BCUT2D eigenvalue weighted by Crippen LogP contribution is -2.41. The summed E-state index contributed by atoms with van der Waals surface area (Å²) in [4.78, 5) is 18.7. The van der Waals surface area contributed by atoms with Crippen LogP contribution in [0.25, 0.3) is 6.08 Å². The molecule has 1 unspecified atom stereocenters. The zero-order valence-electron chi connectivity index (χ0n) is 15.8. The Balaban J connectivity index is 1.30. The minimum atomic E-state index is -0.531. The Morgan fingerprint density at radius 2 is 2.00 bits per heavy atom. The van der Waals surface area contributed by atoms with E-state index in [9.17, 15) is 9.90 Å². The first-order valence-electron chi connectivity index (χ1n) is 9.79. The van der Waals surface area contributed by atoms with E-state index in [4.69, 9.17) is 4.74 Å². The summed E-state index contributed by atoms with van der Waals surface area (Å²) in [6, 6.07) is 11.8. The molecule has 1 fully saturated rings. The number of likely N-dealkylation sites (tertiary alicyclic amines) is 1. The van der Waals surface area contributed by atoms with E-state index in [1.165, 1.54) is 0 Å². The zero-order chi connectivity index (χ0) is 19.3. The number of nitrogens with zero attached hydrogens (tertiary/aromatic N) is 2. The number of fused-ring (bicyclic) bond motifs is 1. The van der Waals surface area contributed by atoms with E-state index in [2.05, 4.69) is 10.3 Å². The van der Waals surface area contributed by atoms with Crippen LogP contribution < -0.4 is 10.1 Å². The lowest BCUT2D eigenvalue weighted by atomic mass is 10.0. The van der Waals surface area contributed by atoms with E-state index >= 15 is 0 Å². The molecule has 2 aliphatic rings. The number of hydrogen-bond donors (Lipinski definition) is 2. The van der Waals surface area contributed by atoms with E-state index in [0.717, 1.165) is 42.0 Å². The fraction of sp³-hybridized carbons (Fsp3) is 0.364. The van der Waals surface area contributed by atoms with Crippen LogP contribution in [-0.4, -0.2) is 46.3 Å². The predicted molar refractivity (Wildman–Crippen MR) is 108 cm³/mol. The molecule has 3 heterocycles. The molecule has 4 rings (SSSR count). The number of carbonyl (C=O) groups is 1. The van der Waals surface area contributed by atoms with Crippen molar-refractivity contribution >= 4 is 17.8 Å². The number of aromatic nitrogens is 1. The summed E-state index contributed by atoms with van der Waals surface area (Å²) in [6.07, 6.45) is 7.89. The SMILES string of the molecule is O=C(/C=C/c1cnc2c(c1)CCC(O)N2)N1CCC(Oc2ccccc2)CC1. The normalized spacial score (nSPS) is 19.9. The molecule has 2 aromatic rings. The van der Waals surface area contributed by atoms with Crippen LogP contribution in [0.1, 0.15) is 30.4 Å².